The van der Waals surface area contributed by atoms with Crippen molar-refractivity contribution in [1.82, 2.24) is 16.0 Å². The maximum Gasteiger partial charge on any atom is 0.306 e. The van der Waals surface area contributed by atoms with Crippen molar-refractivity contribution in [2.24, 2.45) is 0 Å². The van der Waals surface area contributed by atoms with Gasteiger partial charge in [-0.2, -0.15) is 0 Å². The minimum Gasteiger partial charge on any atom is -0.463 e. The third kappa shape index (κ3) is 45.4. The zero-order valence-electron chi connectivity index (χ0n) is 43.9. The second-order valence-electron chi connectivity index (χ2n) is 20.4. The highest BCUT2D eigenvalue weighted by Gasteiger charge is 2.22. The van der Waals surface area contributed by atoms with Gasteiger partial charge in [0.15, 0.2) is 0 Å². The summed E-state index contributed by atoms with van der Waals surface area (Å²) in [6.07, 6.45) is 41.4. The summed E-state index contributed by atoms with van der Waals surface area (Å²) in [7, 11) is 1.71. The zero-order chi connectivity index (χ0) is 48.1. The molecule has 0 fully saturated rings. The molecule has 0 rings (SSSR count). The first-order chi connectivity index (χ1) is 31.3. The Morgan fingerprint density at radius 3 is 1.28 bits per heavy atom. The van der Waals surface area contributed by atoms with Crippen LogP contribution in [0.1, 0.15) is 279 Å². The second kappa shape index (κ2) is 44.3. The highest BCUT2D eigenvalue weighted by atomic mass is 16.5. The molecule has 0 spiro atoms. The first-order valence-corrected chi connectivity index (χ1v) is 27.5. The number of hydrogen-bond acceptors (Lipinski definition) is 7. The predicted molar refractivity (Wildman–Crippen MR) is 272 cm³/mol. The molecule has 0 radical (unpaired) electrons. The average molecular weight is 922 g/mol. The number of ether oxygens (including phenoxy) is 3. The minimum absolute atomic E-state index is 0.0248. The van der Waals surface area contributed by atoms with E-state index in [2.05, 4.69) is 29.8 Å². The number of amides is 3. The molecule has 384 valence electrons. The van der Waals surface area contributed by atoms with Crippen molar-refractivity contribution in [3.63, 3.8) is 0 Å². The predicted octanol–water partition coefficient (Wildman–Crippen LogP) is 13.9. The van der Waals surface area contributed by atoms with Crippen LogP contribution in [0.3, 0.4) is 0 Å². The number of carbonyl (C=O) groups excluding carboxylic acids is 4. The fourth-order valence-corrected chi connectivity index (χ4v) is 8.15. The Morgan fingerprint density at radius 2 is 0.846 bits per heavy atom. The van der Waals surface area contributed by atoms with E-state index in [1.54, 1.807) is 7.11 Å². The van der Waals surface area contributed by atoms with Gasteiger partial charge in [-0.3, -0.25) is 19.2 Å². The van der Waals surface area contributed by atoms with Gasteiger partial charge in [-0.15, -0.1) is 0 Å². The van der Waals surface area contributed by atoms with Crippen LogP contribution in [-0.2, 0) is 33.4 Å². The molecule has 0 bridgehead atoms. The SMILES string of the molecule is CCCCCCCCCCCCCCCCCC(=O)NCC(COC(=O)CCC(=O)NCCCC(C)(C)OCCC(C)(C)OC)NC(=O)CCCCCCCCCCCCCCCCC. The summed E-state index contributed by atoms with van der Waals surface area (Å²) in [5, 5.41) is 8.88. The molecule has 0 aliphatic heterocycles. The Bertz CT molecular complexity index is 1130. The van der Waals surface area contributed by atoms with E-state index in [-0.39, 0.29) is 54.9 Å². The molecule has 0 aliphatic carbocycles. The first-order valence-electron chi connectivity index (χ1n) is 27.5. The van der Waals surface area contributed by atoms with Gasteiger partial charge in [-0.05, 0) is 59.8 Å². The lowest BCUT2D eigenvalue weighted by Gasteiger charge is -2.29. The summed E-state index contributed by atoms with van der Waals surface area (Å²) in [6.45, 7) is 13.9. The molecule has 65 heavy (non-hydrogen) atoms. The summed E-state index contributed by atoms with van der Waals surface area (Å²) in [5.41, 5.74) is -0.548. The van der Waals surface area contributed by atoms with E-state index in [4.69, 9.17) is 14.2 Å². The summed E-state index contributed by atoms with van der Waals surface area (Å²) in [6, 6.07) is -0.534. The topological polar surface area (TPSA) is 132 Å². The molecule has 0 heterocycles. The molecular formula is C55H107N3O7. The van der Waals surface area contributed by atoms with E-state index in [0.29, 0.717) is 26.0 Å². The third-order valence-electron chi connectivity index (χ3n) is 13.0. The maximum atomic E-state index is 13.0. The number of methoxy groups -OCH3 is 1. The van der Waals surface area contributed by atoms with Crippen LogP contribution in [0.4, 0.5) is 0 Å². The van der Waals surface area contributed by atoms with Crippen molar-refractivity contribution in [2.75, 3.05) is 33.4 Å². The van der Waals surface area contributed by atoms with Crippen LogP contribution < -0.4 is 16.0 Å². The molecule has 10 heteroatoms. The number of rotatable bonds is 49. The number of carbonyl (C=O) groups is 4. The van der Waals surface area contributed by atoms with E-state index in [1.807, 2.05) is 27.7 Å². The number of unbranched alkanes of at least 4 members (excludes halogenated alkanes) is 28. The van der Waals surface area contributed by atoms with Crippen LogP contribution in [0.25, 0.3) is 0 Å². The largest absolute Gasteiger partial charge is 0.463 e. The van der Waals surface area contributed by atoms with Crippen LogP contribution in [0, 0.1) is 0 Å². The Kier molecular flexibility index (Phi) is 42.8. The highest BCUT2D eigenvalue weighted by molar-refractivity contribution is 5.81. The van der Waals surface area contributed by atoms with Gasteiger partial charge < -0.3 is 30.2 Å². The molecular weight excluding hydrogens is 815 g/mol. The first kappa shape index (κ1) is 62.8. The molecule has 0 saturated heterocycles. The van der Waals surface area contributed by atoms with Crippen LogP contribution in [-0.4, -0.2) is 74.3 Å². The van der Waals surface area contributed by atoms with Gasteiger partial charge in [0.25, 0.3) is 0 Å². The van der Waals surface area contributed by atoms with Crippen LogP contribution >= 0.6 is 0 Å². The van der Waals surface area contributed by atoms with Gasteiger partial charge in [-0.1, -0.05) is 194 Å². The molecule has 1 unspecified atom stereocenters. The summed E-state index contributed by atoms with van der Waals surface area (Å²) in [5.74, 6) is -0.847. The van der Waals surface area contributed by atoms with Gasteiger partial charge in [0.1, 0.15) is 6.61 Å². The van der Waals surface area contributed by atoms with Crippen molar-refractivity contribution in [2.45, 2.75) is 296 Å². The van der Waals surface area contributed by atoms with E-state index in [1.165, 1.54) is 154 Å². The standard InChI is InChI=1S/C55H107N3O7/c1-8-10-12-14-16-18-20-22-24-26-28-30-32-34-36-39-50(59)57-47-49(58-52(61)40-37-35-33-31-29-27-25-23-21-19-17-15-13-11-9-2)48-64-53(62)42-41-51(60)56-45-38-43-55(5,6)65-46-44-54(3,4)63-7/h49H,8-48H2,1-7H3,(H,56,60)(H,57,59)(H,58,61). The van der Waals surface area contributed by atoms with Crippen LogP contribution in [0.15, 0.2) is 0 Å². The monoisotopic (exact) mass is 922 g/mol. The number of hydrogen-bond donors (Lipinski definition) is 3. The van der Waals surface area contributed by atoms with E-state index in [0.717, 1.165) is 57.8 Å². The van der Waals surface area contributed by atoms with Crippen LogP contribution in [0.2, 0.25) is 0 Å². The van der Waals surface area contributed by atoms with Crippen molar-refractivity contribution in [3.8, 4) is 0 Å². The van der Waals surface area contributed by atoms with Gasteiger partial charge in [0, 0.05) is 39.5 Å². The molecule has 3 amide bonds. The maximum absolute atomic E-state index is 13.0. The summed E-state index contributed by atoms with van der Waals surface area (Å²) >= 11 is 0. The smallest absolute Gasteiger partial charge is 0.306 e. The van der Waals surface area contributed by atoms with Crippen molar-refractivity contribution < 1.29 is 33.4 Å². The summed E-state index contributed by atoms with van der Waals surface area (Å²) in [4.78, 5) is 51.0. The summed E-state index contributed by atoms with van der Waals surface area (Å²) < 4.78 is 17.1. The zero-order valence-corrected chi connectivity index (χ0v) is 43.9. The van der Waals surface area contributed by atoms with E-state index < -0.39 is 12.0 Å². The van der Waals surface area contributed by atoms with E-state index in [9.17, 15) is 19.2 Å². The van der Waals surface area contributed by atoms with Crippen LogP contribution in [0.5, 0.6) is 0 Å². The van der Waals surface area contributed by atoms with Gasteiger partial charge >= 0.3 is 5.97 Å². The molecule has 10 nitrogen and oxygen atoms in total. The Labute approximate surface area is 401 Å². The molecule has 0 aromatic rings. The van der Waals surface area contributed by atoms with Crippen molar-refractivity contribution >= 4 is 23.7 Å². The molecule has 0 aromatic heterocycles. The normalized spacial score (nSPS) is 12.3. The van der Waals surface area contributed by atoms with E-state index >= 15 is 0 Å². The minimum atomic E-state index is -0.534. The van der Waals surface area contributed by atoms with Gasteiger partial charge in [0.05, 0.1) is 30.3 Å². The lowest BCUT2D eigenvalue weighted by molar-refractivity contribution is -0.146. The van der Waals surface area contributed by atoms with Crippen molar-refractivity contribution in [1.29, 1.82) is 0 Å². The molecule has 1 atom stereocenters. The quantitative estimate of drug-likeness (QED) is 0.0409. The fourth-order valence-electron chi connectivity index (χ4n) is 8.15. The Morgan fingerprint density at radius 1 is 0.446 bits per heavy atom. The van der Waals surface area contributed by atoms with Gasteiger partial charge in [0.2, 0.25) is 17.7 Å². The average Bonchev–Trinajstić information content (AvgIpc) is 3.27. The molecule has 0 aliphatic rings. The number of nitrogens with one attached hydrogen (secondary N) is 3. The van der Waals surface area contributed by atoms with Crippen molar-refractivity contribution in [3.05, 3.63) is 0 Å². The van der Waals surface area contributed by atoms with Gasteiger partial charge in [-0.25, -0.2) is 0 Å². The third-order valence-corrected chi connectivity index (χ3v) is 13.0. The molecule has 0 aromatic carbocycles. The molecule has 3 N–H and O–H groups in total. The highest BCUT2D eigenvalue weighted by Crippen LogP contribution is 2.20. The fraction of sp³-hybridized carbons (Fsp3) is 0.927. The Balaban J connectivity index is 4.54. The molecule has 0 saturated carbocycles. The second-order valence-corrected chi connectivity index (χ2v) is 20.4. The lowest BCUT2D eigenvalue weighted by atomic mass is 10.0. The Hall–Kier alpha value is -2.20. The number of esters is 1. The lowest BCUT2D eigenvalue weighted by Crippen LogP contribution is -2.46.